The van der Waals surface area contributed by atoms with E-state index in [-0.39, 0.29) is 12.5 Å². The maximum atomic E-state index is 11.7. The number of nitrogens with one attached hydrogen (secondary N) is 1. The van der Waals surface area contributed by atoms with Gasteiger partial charge in [0.1, 0.15) is 0 Å². The normalized spacial score (nSPS) is 10.4. The maximum Gasteiger partial charge on any atom is 0.253 e. The highest BCUT2D eigenvalue weighted by atomic mass is 79.9. The van der Waals surface area contributed by atoms with E-state index in [1.807, 2.05) is 0 Å². The zero-order valence-electron chi connectivity index (χ0n) is 8.33. The van der Waals surface area contributed by atoms with Crippen LogP contribution in [0.4, 0.5) is 0 Å². The molecule has 0 aliphatic rings. The standard InChI is InChI=1S/C9H11Br2NO3S/c10-7-5-6(8(11)16-7)9(14)12-1-3-15-4-2-13/h5,13H,1-4H2,(H,12,14). The Kier molecular flexibility index (Phi) is 6.52. The number of hydrogen-bond acceptors (Lipinski definition) is 4. The van der Waals surface area contributed by atoms with Crippen LogP contribution in [0, 0.1) is 0 Å². The van der Waals surface area contributed by atoms with Crippen molar-refractivity contribution in [3.63, 3.8) is 0 Å². The van der Waals surface area contributed by atoms with Crippen LogP contribution >= 0.6 is 43.2 Å². The lowest BCUT2D eigenvalue weighted by Crippen LogP contribution is -2.27. The molecule has 1 rings (SSSR count). The van der Waals surface area contributed by atoms with Crippen LogP contribution in [0.1, 0.15) is 10.4 Å². The second-order valence-electron chi connectivity index (χ2n) is 2.83. The Morgan fingerprint density at radius 1 is 1.50 bits per heavy atom. The van der Waals surface area contributed by atoms with E-state index >= 15 is 0 Å². The van der Waals surface area contributed by atoms with E-state index in [1.54, 1.807) is 6.07 Å². The van der Waals surface area contributed by atoms with Gasteiger partial charge in [0.15, 0.2) is 0 Å². The van der Waals surface area contributed by atoms with E-state index in [0.29, 0.717) is 25.3 Å². The molecule has 90 valence electrons. The van der Waals surface area contributed by atoms with Crippen molar-refractivity contribution in [3.8, 4) is 0 Å². The van der Waals surface area contributed by atoms with E-state index in [0.717, 1.165) is 7.57 Å². The van der Waals surface area contributed by atoms with Gasteiger partial charge < -0.3 is 15.2 Å². The van der Waals surface area contributed by atoms with E-state index in [2.05, 4.69) is 37.2 Å². The highest BCUT2D eigenvalue weighted by molar-refractivity contribution is 9.12. The molecule has 7 heteroatoms. The second kappa shape index (κ2) is 7.39. The Labute approximate surface area is 114 Å². The first-order chi connectivity index (χ1) is 7.65. The van der Waals surface area contributed by atoms with Crippen LogP contribution in [-0.2, 0) is 4.74 Å². The molecule has 4 nitrogen and oxygen atoms in total. The van der Waals surface area contributed by atoms with Gasteiger partial charge in [0.2, 0.25) is 0 Å². The van der Waals surface area contributed by atoms with Gasteiger partial charge in [-0.05, 0) is 37.9 Å². The number of ether oxygens (including phenoxy) is 1. The van der Waals surface area contributed by atoms with Gasteiger partial charge in [-0.15, -0.1) is 11.3 Å². The maximum absolute atomic E-state index is 11.7. The summed E-state index contributed by atoms with van der Waals surface area (Å²) in [5, 5.41) is 11.2. The number of amides is 1. The van der Waals surface area contributed by atoms with Gasteiger partial charge in [0.05, 0.1) is 33.0 Å². The number of aliphatic hydroxyl groups is 1. The number of carbonyl (C=O) groups excluding carboxylic acids is 1. The molecule has 0 saturated heterocycles. The van der Waals surface area contributed by atoms with Gasteiger partial charge in [-0.3, -0.25) is 4.79 Å². The topological polar surface area (TPSA) is 58.6 Å². The molecule has 1 aromatic heterocycles. The summed E-state index contributed by atoms with van der Waals surface area (Å²) < 4.78 is 6.72. The summed E-state index contributed by atoms with van der Waals surface area (Å²) in [5.74, 6) is -0.138. The van der Waals surface area contributed by atoms with E-state index in [4.69, 9.17) is 9.84 Å². The summed E-state index contributed by atoms with van der Waals surface area (Å²) in [5.41, 5.74) is 0.610. The Hall–Kier alpha value is 0.0500. The third-order valence-electron chi connectivity index (χ3n) is 1.67. The smallest absolute Gasteiger partial charge is 0.253 e. The quantitative estimate of drug-likeness (QED) is 0.751. The molecule has 0 aliphatic carbocycles. The number of hydrogen-bond donors (Lipinski definition) is 2. The monoisotopic (exact) mass is 371 g/mol. The summed E-state index contributed by atoms with van der Waals surface area (Å²) >= 11 is 8.08. The Balaban J connectivity index is 2.33. The molecule has 0 spiro atoms. The van der Waals surface area contributed by atoms with Gasteiger partial charge in [-0.2, -0.15) is 0 Å². The van der Waals surface area contributed by atoms with Gasteiger partial charge in [-0.25, -0.2) is 0 Å². The summed E-state index contributed by atoms with van der Waals surface area (Å²) in [7, 11) is 0. The van der Waals surface area contributed by atoms with Crippen LogP contribution < -0.4 is 5.32 Å². The highest BCUT2D eigenvalue weighted by Crippen LogP contribution is 2.31. The molecule has 0 radical (unpaired) electrons. The van der Waals surface area contributed by atoms with Crippen molar-refractivity contribution in [2.24, 2.45) is 0 Å². The van der Waals surface area contributed by atoms with Crippen molar-refractivity contribution >= 4 is 49.1 Å². The lowest BCUT2D eigenvalue weighted by Gasteiger charge is -2.04. The van der Waals surface area contributed by atoms with Crippen LogP contribution in [0.3, 0.4) is 0 Å². The molecular weight excluding hydrogens is 362 g/mol. The first kappa shape index (κ1) is 14.1. The lowest BCUT2D eigenvalue weighted by atomic mass is 10.3. The fraction of sp³-hybridized carbons (Fsp3) is 0.444. The molecule has 0 saturated carbocycles. The molecule has 0 atom stereocenters. The lowest BCUT2D eigenvalue weighted by molar-refractivity contribution is 0.0838. The predicted octanol–water partition coefficient (Wildman–Crippen LogP) is 2.01. The number of carbonyl (C=O) groups is 1. The first-order valence-corrected chi connectivity index (χ1v) is 6.97. The van der Waals surface area contributed by atoms with Crippen LogP contribution in [0.25, 0.3) is 0 Å². The average Bonchev–Trinajstić information content (AvgIpc) is 2.57. The fourth-order valence-corrected chi connectivity index (χ4v) is 3.79. The summed E-state index contributed by atoms with van der Waals surface area (Å²) in [6.07, 6.45) is 0. The number of halogens is 2. The summed E-state index contributed by atoms with van der Waals surface area (Å²) in [6, 6.07) is 1.76. The Morgan fingerprint density at radius 2 is 2.25 bits per heavy atom. The molecular formula is C9H11Br2NO3S. The summed E-state index contributed by atoms with van der Waals surface area (Å²) in [4.78, 5) is 11.7. The molecule has 2 N–H and O–H groups in total. The zero-order valence-corrected chi connectivity index (χ0v) is 12.3. The van der Waals surface area contributed by atoms with Crippen LogP contribution in [-0.4, -0.2) is 37.4 Å². The molecule has 1 heterocycles. The highest BCUT2D eigenvalue weighted by Gasteiger charge is 2.12. The van der Waals surface area contributed by atoms with Gasteiger partial charge >= 0.3 is 0 Å². The van der Waals surface area contributed by atoms with E-state index < -0.39 is 0 Å². The third kappa shape index (κ3) is 4.50. The predicted molar refractivity (Wildman–Crippen MR) is 70.0 cm³/mol. The minimum Gasteiger partial charge on any atom is -0.394 e. The van der Waals surface area contributed by atoms with Crippen molar-refractivity contribution in [1.82, 2.24) is 5.32 Å². The molecule has 0 aliphatic heterocycles. The molecule has 1 aromatic rings. The minimum atomic E-state index is -0.138. The third-order valence-corrected chi connectivity index (χ3v) is 4.01. The van der Waals surface area contributed by atoms with Crippen molar-refractivity contribution < 1.29 is 14.6 Å². The van der Waals surface area contributed by atoms with Gasteiger partial charge in [0, 0.05) is 6.54 Å². The van der Waals surface area contributed by atoms with Gasteiger partial charge in [-0.1, -0.05) is 0 Å². The van der Waals surface area contributed by atoms with Crippen molar-refractivity contribution in [2.45, 2.75) is 0 Å². The van der Waals surface area contributed by atoms with Crippen molar-refractivity contribution in [2.75, 3.05) is 26.4 Å². The Bertz CT molecular complexity index is 357. The fourth-order valence-electron chi connectivity index (χ4n) is 0.994. The van der Waals surface area contributed by atoms with E-state index in [9.17, 15) is 4.79 Å². The Morgan fingerprint density at radius 3 is 2.81 bits per heavy atom. The van der Waals surface area contributed by atoms with Crippen molar-refractivity contribution in [3.05, 3.63) is 19.2 Å². The SMILES string of the molecule is O=C(NCCOCCO)c1cc(Br)sc1Br. The average molecular weight is 373 g/mol. The molecule has 1 amide bonds. The van der Waals surface area contributed by atoms with Crippen LogP contribution in [0.5, 0.6) is 0 Å². The summed E-state index contributed by atoms with van der Waals surface area (Å²) in [6.45, 7) is 1.12. The molecule has 0 fully saturated rings. The zero-order chi connectivity index (χ0) is 12.0. The van der Waals surface area contributed by atoms with Gasteiger partial charge in [0.25, 0.3) is 5.91 Å². The molecule has 0 aromatic carbocycles. The second-order valence-corrected chi connectivity index (χ2v) is 6.58. The largest absolute Gasteiger partial charge is 0.394 e. The van der Waals surface area contributed by atoms with Crippen LogP contribution in [0.2, 0.25) is 0 Å². The first-order valence-electron chi connectivity index (χ1n) is 4.56. The van der Waals surface area contributed by atoms with Crippen LogP contribution in [0.15, 0.2) is 13.6 Å². The molecule has 16 heavy (non-hydrogen) atoms. The number of rotatable bonds is 6. The minimum absolute atomic E-state index is 0.00300. The number of aliphatic hydroxyl groups excluding tert-OH is 1. The molecule has 0 bridgehead atoms. The number of thiophene rings is 1. The molecule has 0 unspecified atom stereocenters. The van der Waals surface area contributed by atoms with Crippen molar-refractivity contribution in [1.29, 1.82) is 0 Å². The van der Waals surface area contributed by atoms with E-state index in [1.165, 1.54) is 11.3 Å².